The smallest absolute Gasteiger partial charge is 0.260 e. The van der Waals surface area contributed by atoms with Crippen molar-refractivity contribution in [2.45, 2.75) is 6.42 Å². The van der Waals surface area contributed by atoms with Crippen LogP contribution in [0.4, 0.5) is 9.52 Å². The van der Waals surface area contributed by atoms with E-state index in [4.69, 9.17) is 0 Å². The molecule has 0 aliphatic heterocycles. The Balaban J connectivity index is 1.90. The molecule has 6 heteroatoms. The van der Waals surface area contributed by atoms with Crippen molar-refractivity contribution in [1.82, 2.24) is 4.98 Å². The van der Waals surface area contributed by atoms with Crippen LogP contribution in [0.1, 0.15) is 16.8 Å². The summed E-state index contributed by atoms with van der Waals surface area (Å²) in [7, 11) is 4.17. The van der Waals surface area contributed by atoms with Gasteiger partial charge in [-0.3, -0.25) is 9.69 Å². The zero-order valence-corrected chi connectivity index (χ0v) is 15.1. The number of aromatic nitrogens is 1. The molecule has 0 spiro atoms. The van der Waals surface area contributed by atoms with E-state index in [9.17, 15) is 9.18 Å². The minimum absolute atomic E-state index is 0.146. The van der Waals surface area contributed by atoms with Gasteiger partial charge in [0.15, 0.2) is 5.13 Å². The van der Waals surface area contributed by atoms with Crippen LogP contribution in [0.2, 0.25) is 0 Å². The number of halogens is 1. The van der Waals surface area contributed by atoms with Gasteiger partial charge in [0.05, 0.1) is 30.9 Å². The number of amides is 1. The van der Waals surface area contributed by atoms with E-state index in [2.05, 4.69) is 19.1 Å². The summed E-state index contributed by atoms with van der Waals surface area (Å²) in [5.74, 6) is -0.493. The fourth-order valence-electron chi connectivity index (χ4n) is 2.60. The third-order valence-electron chi connectivity index (χ3n) is 3.91. The largest absolute Gasteiger partial charge is 0.340 e. The molecule has 1 aromatic heterocycles. The highest BCUT2D eigenvalue weighted by atomic mass is 32.1. The lowest BCUT2D eigenvalue weighted by Crippen LogP contribution is -3.05. The van der Waals surface area contributed by atoms with E-state index < -0.39 is 0 Å². The van der Waals surface area contributed by atoms with Crippen molar-refractivity contribution in [3.05, 3.63) is 59.9 Å². The number of benzene rings is 2. The van der Waals surface area contributed by atoms with Crippen molar-refractivity contribution >= 4 is 32.6 Å². The molecular weight excluding hydrogens is 337 g/mol. The van der Waals surface area contributed by atoms with E-state index in [0.717, 1.165) is 23.2 Å². The number of rotatable bonds is 6. The molecule has 25 heavy (non-hydrogen) atoms. The number of quaternary nitrogens is 1. The Kier molecular flexibility index (Phi) is 5.40. The number of nitrogens with zero attached hydrogens (tertiary/aromatic N) is 2. The molecule has 0 bridgehead atoms. The summed E-state index contributed by atoms with van der Waals surface area (Å²) in [6.07, 6.45) is 0.866. The summed E-state index contributed by atoms with van der Waals surface area (Å²) in [5.41, 5.74) is 1.36. The van der Waals surface area contributed by atoms with Gasteiger partial charge in [0.2, 0.25) is 0 Å². The second-order valence-corrected chi connectivity index (χ2v) is 7.25. The number of hydrogen-bond donors (Lipinski definition) is 1. The van der Waals surface area contributed by atoms with Crippen molar-refractivity contribution in [2.75, 3.05) is 32.1 Å². The van der Waals surface area contributed by atoms with E-state index >= 15 is 0 Å². The predicted molar refractivity (Wildman–Crippen MR) is 100.0 cm³/mol. The van der Waals surface area contributed by atoms with Gasteiger partial charge in [-0.1, -0.05) is 23.5 Å². The molecule has 0 radical (unpaired) electrons. The third-order valence-corrected chi connectivity index (χ3v) is 4.97. The lowest BCUT2D eigenvalue weighted by Gasteiger charge is -2.20. The monoisotopic (exact) mass is 358 g/mol. The summed E-state index contributed by atoms with van der Waals surface area (Å²) >= 11 is 1.50. The first-order valence-corrected chi connectivity index (χ1v) is 9.08. The Morgan fingerprint density at radius 1 is 1.16 bits per heavy atom. The molecule has 4 nitrogen and oxygen atoms in total. The number of nitrogens with one attached hydrogen (secondary N) is 1. The van der Waals surface area contributed by atoms with Crippen LogP contribution in [0.25, 0.3) is 10.2 Å². The Morgan fingerprint density at radius 3 is 2.56 bits per heavy atom. The van der Waals surface area contributed by atoms with Crippen LogP contribution in [0.15, 0.2) is 48.5 Å². The molecule has 0 saturated carbocycles. The first-order chi connectivity index (χ1) is 12.0. The third kappa shape index (κ3) is 4.21. The Labute approximate surface area is 150 Å². The van der Waals surface area contributed by atoms with E-state index in [1.165, 1.54) is 40.5 Å². The second kappa shape index (κ2) is 7.72. The molecule has 1 N–H and O–H groups in total. The number of fused-ring (bicyclic) bond motifs is 1. The van der Waals surface area contributed by atoms with Gasteiger partial charge in [0.25, 0.3) is 5.91 Å². The van der Waals surface area contributed by atoms with Gasteiger partial charge in [-0.15, -0.1) is 0 Å². The summed E-state index contributed by atoms with van der Waals surface area (Å²) in [6, 6.07) is 13.5. The lowest BCUT2D eigenvalue weighted by atomic mass is 10.2. The maximum Gasteiger partial charge on any atom is 0.260 e. The lowest BCUT2D eigenvalue weighted by molar-refractivity contribution is -0.858. The number of para-hydroxylation sites is 1. The van der Waals surface area contributed by atoms with Gasteiger partial charge in [0.1, 0.15) is 5.82 Å². The van der Waals surface area contributed by atoms with Crippen LogP contribution in [0, 0.1) is 5.82 Å². The van der Waals surface area contributed by atoms with Crippen molar-refractivity contribution in [3.63, 3.8) is 0 Å². The van der Waals surface area contributed by atoms with E-state index in [1.807, 2.05) is 24.3 Å². The Bertz CT molecular complexity index is 827. The molecular formula is C19H21FN3OS+. The van der Waals surface area contributed by atoms with Crippen LogP contribution in [-0.4, -0.2) is 38.1 Å². The van der Waals surface area contributed by atoms with Gasteiger partial charge < -0.3 is 4.90 Å². The predicted octanol–water partition coefficient (Wildman–Crippen LogP) is 2.62. The SMILES string of the molecule is C[NH+](C)CCCN(C(=O)c1ccc(F)cc1)c1nc2ccccc2s1. The van der Waals surface area contributed by atoms with Crippen LogP contribution < -0.4 is 9.80 Å². The molecule has 0 unspecified atom stereocenters. The highest BCUT2D eigenvalue weighted by Gasteiger charge is 2.21. The van der Waals surface area contributed by atoms with Crippen LogP contribution in [-0.2, 0) is 0 Å². The number of carbonyl (C=O) groups excluding carboxylic acids is 1. The molecule has 0 atom stereocenters. The molecule has 130 valence electrons. The Morgan fingerprint density at radius 2 is 1.88 bits per heavy atom. The molecule has 0 aliphatic carbocycles. The molecule has 0 fully saturated rings. The molecule has 0 saturated heterocycles. The number of carbonyl (C=O) groups is 1. The molecule has 1 amide bonds. The summed E-state index contributed by atoms with van der Waals surface area (Å²) < 4.78 is 14.2. The van der Waals surface area contributed by atoms with E-state index in [1.54, 1.807) is 4.90 Å². The highest BCUT2D eigenvalue weighted by molar-refractivity contribution is 7.22. The highest BCUT2D eigenvalue weighted by Crippen LogP contribution is 2.29. The maximum atomic E-state index is 13.2. The van der Waals surface area contributed by atoms with Gasteiger partial charge in [-0.2, -0.15) is 0 Å². The maximum absolute atomic E-state index is 13.2. The molecule has 0 aliphatic rings. The minimum atomic E-state index is -0.348. The first kappa shape index (κ1) is 17.5. The van der Waals surface area contributed by atoms with Gasteiger partial charge in [-0.25, -0.2) is 9.37 Å². The summed E-state index contributed by atoms with van der Waals surface area (Å²) in [5, 5.41) is 0.685. The fourth-order valence-corrected chi connectivity index (χ4v) is 3.59. The van der Waals surface area contributed by atoms with Gasteiger partial charge in [-0.05, 0) is 36.4 Å². The first-order valence-electron chi connectivity index (χ1n) is 8.26. The number of hydrogen-bond acceptors (Lipinski definition) is 3. The van der Waals surface area contributed by atoms with Crippen molar-refractivity contribution < 1.29 is 14.1 Å². The fraction of sp³-hybridized carbons (Fsp3) is 0.263. The zero-order chi connectivity index (χ0) is 17.8. The average Bonchev–Trinajstić information content (AvgIpc) is 3.02. The minimum Gasteiger partial charge on any atom is -0.340 e. The normalized spacial score (nSPS) is 11.2. The van der Waals surface area contributed by atoms with Crippen LogP contribution in [0.3, 0.4) is 0 Å². The van der Waals surface area contributed by atoms with Crippen molar-refractivity contribution in [2.24, 2.45) is 0 Å². The molecule has 3 rings (SSSR count). The van der Waals surface area contributed by atoms with Gasteiger partial charge in [0, 0.05) is 18.5 Å². The van der Waals surface area contributed by atoms with Crippen LogP contribution in [0.5, 0.6) is 0 Å². The second-order valence-electron chi connectivity index (χ2n) is 6.24. The van der Waals surface area contributed by atoms with Crippen LogP contribution >= 0.6 is 11.3 Å². The molecule has 2 aromatic carbocycles. The average molecular weight is 358 g/mol. The van der Waals surface area contributed by atoms with Crippen molar-refractivity contribution in [3.8, 4) is 0 Å². The Hall–Kier alpha value is -2.31. The summed E-state index contributed by atoms with van der Waals surface area (Å²) in [4.78, 5) is 20.6. The standard InChI is InChI=1S/C19H20FN3OS/c1-22(2)12-5-13-23(18(24)14-8-10-15(20)11-9-14)19-21-16-6-3-4-7-17(16)25-19/h3-4,6-11H,5,12-13H2,1-2H3/p+1. The summed E-state index contributed by atoms with van der Waals surface area (Å²) in [6.45, 7) is 1.54. The van der Waals surface area contributed by atoms with Crippen molar-refractivity contribution in [1.29, 1.82) is 0 Å². The number of anilines is 1. The molecule has 3 aromatic rings. The topological polar surface area (TPSA) is 37.6 Å². The number of thiazole rings is 1. The zero-order valence-electron chi connectivity index (χ0n) is 14.3. The quantitative estimate of drug-likeness (QED) is 0.736. The van der Waals surface area contributed by atoms with Gasteiger partial charge >= 0.3 is 0 Å². The molecule has 1 heterocycles. The van der Waals surface area contributed by atoms with E-state index in [0.29, 0.717) is 17.2 Å². The van der Waals surface area contributed by atoms with E-state index in [-0.39, 0.29) is 11.7 Å².